The molecule has 5 nitrogen and oxygen atoms in total. The summed E-state index contributed by atoms with van der Waals surface area (Å²) in [5, 5.41) is 15.0. The van der Waals surface area contributed by atoms with Crippen LogP contribution in [-0.4, -0.2) is 18.5 Å². The Morgan fingerprint density at radius 1 is 1.25 bits per heavy atom. The summed E-state index contributed by atoms with van der Waals surface area (Å²) in [6, 6.07) is 9.20. The number of nitrogens with zero attached hydrogens (tertiary/aromatic N) is 2. The zero-order valence-corrected chi connectivity index (χ0v) is 14.9. The molecule has 0 saturated carbocycles. The fourth-order valence-corrected chi connectivity index (χ4v) is 2.68. The topological polar surface area (TPSA) is 58.4 Å². The number of hydrogen-bond donors (Lipinski definition) is 1. The number of aryl methyl sites for hydroxylation is 2. The number of anilines is 2. The highest BCUT2D eigenvalue weighted by Gasteiger charge is 2.19. The predicted molar refractivity (Wildman–Crippen MR) is 100.0 cm³/mol. The molecule has 0 bridgehead atoms. The second-order valence-corrected chi connectivity index (χ2v) is 6.18. The maximum atomic E-state index is 11.4. The number of benzene rings is 2. The number of rotatable bonds is 6. The van der Waals surface area contributed by atoms with Gasteiger partial charge in [-0.25, -0.2) is 0 Å². The molecule has 0 amide bonds. The molecule has 0 fully saturated rings. The van der Waals surface area contributed by atoms with Crippen molar-refractivity contribution in [2.24, 2.45) is 0 Å². The first-order valence-electron chi connectivity index (χ1n) is 7.61. The van der Waals surface area contributed by atoms with Crippen LogP contribution in [0.4, 0.5) is 17.1 Å². The van der Waals surface area contributed by atoms with Crippen molar-refractivity contribution in [1.82, 2.24) is 0 Å². The second-order valence-electron chi connectivity index (χ2n) is 5.77. The molecule has 0 aliphatic carbocycles. The lowest BCUT2D eigenvalue weighted by atomic mass is 10.1. The van der Waals surface area contributed by atoms with E-state index in [1.54, 1.807) is 18.0 Å². The van der Waals surface area contributed by atoms with E-state index in [0.29, 0.717) is 29.5 Å². The van der Waals surface area contributed by atoms with Crippen molar-refractivity contribution in [1.29, 1.82) is 0 Å². The van der Waals surface area contributed by atoms with E-state index >= 15 is 0 Å². The van der Waals surface area contributed by atoms with Crippen LogP contribution in [0.3, 0.4) is 0 Å². The van der Waals surface area contributed by atoms with Crippen LogP contribution in [0, 0.1) is 30.9 Å². The zero-order chi connectivity index (χ0) is 17.9. The Labute approximate surface area is 147 Å². The Morgan fingerprint density at radius 2 is 1.96 bits per heavy atom. The van der Waals surface area contributed by atoms with Crippen LogP contribution in [0.5, 0.6) is 0 Å². The van der Waals surface area contributed by atoms with Crippen LogP contribution in [0.15, 0.2) is 30.3 Å². The average molecular weight is 347 g/mol. The van der Waals surface area contributed by atoms with Gasteiger partial charge in [0.25, 0.3) is 5.69 Å². The van der Waals surface area contributed by atoms with Crippen molar-refractivity contribution < 1.29 is 4.92 Å². The summed E-state index contributed by atoms with van der Waals surface area (Å²) in [6.45, 7) is 8.82. The molecule has 0 heterocycles. The lowest BCUT2D eigenvalue weighted by molar-refractivity contribution is -0.383. The number of nitro groups is 1. The maximum absolute atomic E-state index is 11.4. The third kappa shape index (κ3) is 3.97. The first-order chi connectivity index (χ1) is 11.3. The van der Waals surface area contributed by atoms with Crippen LogP contribution in [0.1, 0.15) is 16.7 Å². The van der Waals surface area contributed by atoms with Crippen LogP contribution in [0.2, 0.25) is 5.02 Å². The van der Waals surface area contributed by atoms with Crippen LogP contribution in [0.25, 0.3) is 0 Å². The van der Waals surface area contributed by atoms with E-state index in [-0.39, 0.29) is 5.69 Å². The Bertz CT molecular complexity index is 762. The Balaban J connectivity index is 2.30. The van der Waals surface area contributed by atoms with Gasteiger partial charge in [-0.05, 0) is 43.5 Å². The lowest BCUT2D eigenvalue weighted by Crippen LogP contribution is -2.17. The van der Waals surface area contributed by atoms with Crippen molar-refractivity contribution in [3.8, 4) is 0 Å². The smallest absolute Gasteiger partial charge is 0.294 e. The molecule has 127 valence electrons. The van der Waals surface area contributed by atoms with Gasteiger partial charge in [-0.15, -0.1) is 0 Å². The van der Waals surface area contributed by atoms with E-state index < -0.39 is 4.92 Å². The van der Waals surface area contributed by atoms with Gasteiger partial charge in [-0.3, -0.25) is 10.1 Å². The van der Waals surface area contributed by atoms with Gasteiger partial charge in [-0.2, -0.15) is 0 Å². The van der Waals surface area contributed by atoms with Crippen molar-refractivity contribution in [3.05, 3.63) is 69.1 Å². The molecule has 0 unspecified atom stereocenters. The highest BCUT2D eigenvalue weighted by atomic mass is 35.5. The van der Waals surface area contributed by atoms with Crippen LogP contribution < -0.4 is 10.2 Å². The van der Waals surface area contributed by atoms with Crippen molar-refractivity contribution in [2.45, 2.75) is 20.4 Å². The fourth-order valence-electron chi connectivity index (χ4n) is 2.37. The van der Waals surface area contributed by atoms with Gasteiger partial charge in [0.05, 0.1) is 15.6 Å². The molecule has 0 spiro atoms. The second kappa shape index (κ2) is 7.53. The first kappa shape index (κ1) is 18.1. The van der Waals surface area contributed by atoms with Gasteiger partial charge in [0.1, 0.15) is 5.69 Å². The molecule has 0 aliphatic rings. The van der Waals surface area contributed by atoms with E-state index in [4.69, 9.17) is 11.6 Å². The molecule has 24 heavy (non-hydrogen) atoms. The minimum Gasteiger partial charge on any atom is -0.375 e. The van der Waals surface area contributed by atoms with E-state index in [0.717, 1.165) is 5.56 Å². The van der Waals surface area contributed by atoms with Crippen LogP contribution >= 0.6 is 11.6 Å². The molecule has 1 N–H and O–H groups in total. The summed E-state index contributed by atoms with van der Waals surface area (Å²) in [7, 11) is 1.79. The van der Waals surface area contributed by atoms with Gasteiger partial charge in [-0.1, -0.05) is 29.8 Å². The minimum atomic E-state index is -0.403. The predicted octanol–water partition coefficient (Wildman–Crippen LogP) is 4.75. The molecule has 0 aromatic heterocycles. The summed E-state index contributed by atoms with van der Waals surface area (Å²) in [5.74, 6) is 0. The largest absolute Gasteiger partial charge is 0.375 e. The highest BCUT2D eigenvalue weighted by molar-refractivity contribution is 6.33. The van der Waals surface area contributed by atoms with E-state index in [1.807, 2.05) is 19.1 Å². The first-order valence-corrected chi connectivity index (χ1v) is 7.99. The summed E-state index contributed by atoms with van der Waals surface area (Å²) in [4.78, 5) is 12.8. The van der Waals surface area contributed by atoms with Crippen molar-refractivity contribution >= 4 is 28.7 Å². The average Bonchev–Trinajstić information content (AvgIpc) is 2.55. The van der Waals surface area contributed by atoms with E-state index in [2.05, 4.69) is 25.2 Å². The normalized spacial score (nSPS) is 10.5. The van der Waals surface area contributed by atoms with Gasteiger partial charge >= 0.3 is 0 Å². The number of halogens is 1. The van der Waals surface area contributed by atoms with Gasteiger partial charge in [0.2, 0.25) is 0 Å². The molecule has 1 radical (unpaired) electrons. The van der Waals surface area contributed by atoms with Crippen molar-refractivity contribution in [3.63, 3.8) is 0 Å². The van der Waals surface area contributed by atoms with E-state index in [1.165, 1.54) is 17.2 Å². The van der Waals surface area contributed by atoms with Gasteiger partial charge in [0.15, 0.2) is 0 Å². The fraction of sp³-hybridized carbons (Fsp3) is 0.278. The summed E-state index contributed by atoms with van der Waals surface area (Å²) in [5.41, 5.74) is 4.46. The third-order valence-corrected chi connectivity index (χ3v) is 4.37. The minimum absolute atomic E-state index is 0.00136. The van der Waals surface area contributed by atoms with Gasteiger partial charge in [0, 0.05) is 26.2 Å². The lowest BCUT2D eigenvalue weighted by Gasteiger charge is -2.19. The molecule has 0 saturated heterocycles. The molecular weight excluding hydrogens is 326 g/mol. The number of nitrogens with one attached hydrogen (secondary N) is 1. The van der Waals surface area contributed by atoms with Gasteiger partial charge < -0.3 is 10.2 Å². The van der Waals surface area contributed by atoms with Crippen molar-refractivity contribution in [2.75, 3.05) is 23.8 Å². The molecule has 0 aliphatic heterocycles. The monoisotopic (exact) mass is 346 g/mol. The third-order valence-electron chi connectivity index (χ3n) is 4.06. The molecule has 2 aromatic rings. The molecular formula is C18H21ClN3O2. The Hall–Kier alpha value is -2.27. The molecule has 6 heteroatoms. The molecule has 2 rings (SSSR count). The summed E-state index contributed by atoms with van der Waals surface area (Å²) >= 11 is 6.28. The quantitative estimate of drug-likeness (QED) is 0.605. The number of nitro benzene ring substituents is 1. The summed E-state index contributed by atoms with van der Waals surface area (Å²) < 4.78 is 0. The Kier molecular flexibility index (Phi) is 5.67. The molecule has 0 atom stereocenters. The maximum Gasteiger partial charge on any atom is 0.294 e. The molecule has 2 aromatic carbocycles. The van der Waals surface area contributed by atoms with Crippen LogP contribution in [-0.2, 0) is 6.54 Å². The van der Waals surface area contributed by atoms with E-state index in [9.17, 15) is 10.1 Å². The Morgan fingerprint density at radius 3 is 2.54 bits per heavy atom. The standard InChI is InChI=1S/C18H21ClN3O2/c1-5-21(4)17-10-18(22(23)24)16(9-15(17)19)20-11-14-7-6-12(2)13(3)8-14/h6-10,20H,1,5,11H2,2-4H3. The summed E-state index contributed by atoms with van der Waals surface area (Å²) in [6.07, 6.45) is 0. The number of hydrogen-bond acceptors (Lipinski definition) is 4. The highest BCUT2D eigenvalue weighted by Crippen LogP contribution is 2.36. The SMILES string of the molecule is [CH2]CN(C)c1cc([N+](=O)[O-])c(NCc2ccc(C)c(C)c2)cc1Cl. The zero-order valence-electron chi connectivity index (χ0n) is 14.1.